The van der Waals surface area contributed by atoms with Crippen molar-refractivity contribution in [3.8, 4) is 5.75 Å². The molecular formula is C20H24ClN3O2. The lowest BCUT2D eigenvalue weighted by atomic mass is 10.1. The van der Waals surface area contributed by atoms with Gasteiger partial charge in [-0.2, -0.15) is 0 Å². The van der Waals surface area contributed by atoms with Gasteiger partial charge in [0.2, 0.25) is 5.91 Å². The molecule has 6 heteroatoms. The van der Waals surface area contributed by atoms with Crippen LogP contribution in [0.1, 0.15) is 17.5 Å². The van der Waals surface area contributed by atoms with Gasteiger partial charge in [-0.25, -0.2) is 4.98 Å². The van der Waals surface area contributed by atoms with E-state index in [1.807, 2.05) is 35.2 Å². The SMILES string of the molecule is Cc1ccc(OCCC(=O)N2CCN(c3ccc(Cl)cn3)CC2)cc1C. The fraction of sp³-hybridized carbons (Fsp3) is 0.400. The van der Waals surface area contributed by atoms with Crippen LogP contribution >= 0.6 is 11.6 Å². The number of anilines is 1. The third kappa shape index (κ3) is 4.67. The van der Waals surface area contributed by atoms with Crippen molar-refractivity contribution >= 4 is 23.3 Å². The maximum atomic E-state index is 12.4. The van der Waals surface area contributed by atoms with E-state index in [2.05, 4.69) is 23.7 Å². The first kappa shape index (κ1) is 18.5. The molecule has 2 heterocycles. The zero-order valence-electron chi connectivity index (χ0n) is 15.2. The summed E-state index contributed by atoms with van der Waals surface area (Å²) in [5.74, 6) is 1.86. The van der Waals surface area contributed by atoms with Crippen LogP contribution in [-0.4, -0.2) is 48.6 Å². The number of amides is 1. The first-order valence-corrected chi connectivity index (χ1v) is 9.25. The Hall–Kier alpha value is -2.27. The molecular weight excluding hydrogens is 350 g/mol. The third-order valence-electron chi connectivity index (χ3n) is 4.73. The van der Waals surface area contributed by atoms with Crippen LogP contribution in [0, 0.1) is 13.8 Å². The molecule has 0 saturated carbocycles. The number of rotatable bonds is 5. The van der Waals surface area contributed by atoms with Crippen molar-refractivity contribution in [1.82, 2.24) is 9.88 Å². The van der Waals surface area contributed by atoms with Crippen molar-refractivity contribution in [1.29, 1.82) is 0 Å². The number of carbonyl (C=O) groups is 1. The van der Waals surface area contributed by atoms with E-state index in [1.54, 1.807) is 6.20 Å². The minimum atomic E-state index is 0.137. The number of nitrogens with zero attached hydrogens (tertiary/aromatic N) is 3. The summed E-state index contributed by atoms with van der Waals surface area (Å²) in [6.45, 7) is 7.49. The second kappa shape index (κ2) is 8.41. The van der Waals surface area contributed by atoms with Gasteiger partial charge in [0.1, 0.15) is 11.6 Å². The molecule has 1 aliphatic heterocycles. The van der Waals surface area contributed by atoms with E-state index >= 15 is 0 Å². The highest BCUT2D eigenvalue weighted by atomic mass is 35.5. The monoisotopic (exact) mass is 373 g/mol. The van der Waals surface area contributed by atoms with Crippen molar-refractivity contribution in [2.45, 2.75) is 20.3 Å². The molecule has 0 N–H and O–H groups in total. The Bertz CT molecular complexity index is 756. The average molecular weight is 374 g/mol. The van der Waals surface area contributed by atoms with Crippen LogP contribution in [0.4, 0.5) is 5.82 Å². The molecule has 1 aromatic heterocycles. The maximum Gasteiger partial charge on any atom is 0.226 e. The summed E-state index contributed by atoms with van der Waals surface area (Å²) in [6, 6.07) is 9.75. The zero-order chi connectivity index (χ0) is 18.5. The molecule has 1 aliphatic rings. The molecule has 0 aliphatic carbocycles. The van der Waals surface area contributed by atoms with Crippen molar-refractivity contribution in [2.24, 2.45) is 0 Å². The Morgan fingerprint density at radius 1 is 1.12 bits per heavy atom. The highest BCUT2D eigenvalue weighted by Crippen LogP contribution is 2.18. The average Bonchev–Trinajstić information content (AvgIpc) is 2.65. The summed E-state index contributed by atoms with van der Waals surface area (Å²) in [6.07, 6.45) is 2.05. The fourth-order valence-corrected chi connectivity index (χ4v) is 3.07. The molecule has 26 heavy (non-hydrogen) atoms. The molecule has 1 aromatic carbocycles. The highest BCUT2D eigenvalue weighted by Gasteiger charge is 2.21. The lowest BCUT2D eigenvalue weighted by Crippen LogP contribution is -2.49. The minimum absolute atomic E-state index is 0.137. The predicted molar refractivity (Wildman–Crippen MR) is 104 cm³/mol. The van der Waals surface area contributed by atoms with Gasteiger partial charge < -0.3 is 14.5 Å². The molecule has 0 atom stereocenters. The largest absolute Gasteiger partial charge is 0.493 e. The number of halogens is 1. The Labute approximate surface area is 159 Å². The van der Waals surface area contributed by atoms with Crippen LogP contribution < -0.4 is 9.64 Å². The van der Waals surface area contributed by atoms with E-state index in [1.165, 1.54) is 11.1 Å². The summed E-state index contributed by atoms with van der Waals surface area (Å²) >= 11 is 5.88. The van der Waals surface area contributed by atoms with Gasteiger partial charge in [-0.05, 0) is 49.2 Å². The van der Waals surface area contributed by atoms with E-state index in [4.69, 9.17) is 16.3 Å². The van der Waals surface area contributed by atoms with Crippen molar-refractivity contribution < 1.29 is 9.53 Å². The number of piperazine rings is 1. The Morgan fingerprint density at radius 3 is 2.54 bits per heavy atom. The van der Waals surface area contributed by atoms with E-state index in [0.717, 1.165) is 24.7 Å². The summed E-state index contributed by atoms with van der Waals surface area (Å²) in [7, 11) is 0. The van der Waals surface area contributed by atoms with Crippen LogP contribution in [0.3, 0.4) is 0 Å². The number of aryl methyl sites for hydroxylation is 2. The third-order valence-corrected chi connectivity index (χ3v) is 4.95. The number of pyridine rings is 1. The molecule has 138 valence electrons. The second-order valence-corrected chi connectivity index (χ2v) is 6.98. The van der Waals surface area contributed by atoms with E-state index < -0.39 is 0 Å². The lowest BCUT2D eigenvalue weighted by molar-refractivity contribution is -0.132. The summed E-state index contributed by atoms with van der Waals surface area (Å²) in [5.41, 5.74) is 2.43. The Morgan fingerprint density at radius 2 is 1.88 bits per heavy atom. The van der Waals surface area contributed by atoms with Crippen molar-refractivity contribution in [3.63, 3.8) is 0 Å². The molecule has 0 spiro atoms. The summed E-state index contributed by atoms with van der Waals surface area (Å²) in [5, 5.41) is 0.631. The Balaban J connectivity index is 1.43. The normalized spacial score (nSPS) is 14.4. The minimum Gasteiger partial charge on any atom is -0.493 e. The lowest BCUT2D eigenvalue weighted by Gasteiger charge is -2.35. The molecule has 3 rings (SSSR count). The van der Waals surface area contributed by atoms with Crippen LogP contribution in [0.2, 0.25) is 5.02 Å². The smallest absolute Gasteiger partial charge is 0.226 e. The van der Waals surface area contributed by atoms with Crippen molar-refractivity contribution in [2.75, 3.05) is 37.7 Å². The van der Waals surface area contributed by atoms with E-state index in [0.29, 0.717) is 31.1 Å². The molecule has 1 saturated heterocycles. The van der Waals surface area contributed by atoms with Crippen LogP contribution in [0.15, 0.2) is 36.5 Å². The van der Waals surface area contributed by atoms with Gasteiger partial charge in [-0.15, -0.1) is 0 Å². The number of hydrogen-bond acceptors (Lipinski definition) is 4. The predicted octanol–water partition coefficient (Wildman–Crippen LogP) is 3.47. The fourth-order valence-electron chi connectivity index (χ4n) is 2.96. The molecule has 5 nitrogen and oxygen atoms in total. The van der Waals surface area contributed by atoms with E-state index in [-0.39, 0.29) is 5.91 Å². The molecule has 0 radical (unpaired) electrons. The molecule has 1 amide bonds. The van der Waals surface area contributed by atoms with Crippen LogP contribution in [0.5, 0.6) is 5.75 Å². The van der Waals surface area contributed by atoms with Gasteiger partial charge in [0.15, 0.2) is 0 Å². The van der Waals surface area contributed by atoms with Gasteiger partial charge >= 0.3 is 0 Å². The number of ether oxygens (including phenoxy) is 1. The molecule has 0 bridgehead atoms. The molecule has 0 unspecified atom stereocenters. The van der Waals surface area contributed by atoms with E-state index in [9.17, 15) is 4.79 Å². The number of aromatic nitrogens is 1. The van der Waals surface area contributed by atoms with Crippen LogP contribution in [-0.2, 0) is 4.79 Å². The van der Waals surface area contributed by atoms with Crippen LogP contribution in [0.25, 0.3) is 0 Å². The maximum absolute atomic E-state index is 12.4. The summed E-state index contributed by atoms with van der Waals surface area (Å²) < 4.78 is 5.72. The number of carbonyl (C=O) groups excluding carboxylic acids is 1. The highest BCUT2D eigenvalue weighted by molar-refractivity contribution is 6.30. The second-order valence-electron chi connectivity index (χ2n) is 6.55. The molecule has 1 fully saturated rings. The quantitative estimate of drug-likeness (QED) is 0.805. The van der Waals surface area contributed by atoms with Gasteiger partial charge in [0, 0.05) is 32.4 Å². The topological polar surface area (TPSA) is 45.7 Å². The Kier molecular flexibility index (Phi) is 5.99. The number of hydrogen-bond donors (Lipinski definition) is 0. The van der Waals surface area contributed by atoms with Gasteiger partial charge in [-0.1, -0.05) is 17.7 Å². The summed E-state index contributed by atoms with van der Waals surface area (Å²) in [4.78, 5) is 20.8. The number of benzene rings is 1. The van der Waals surface area contributed by atoms with Crippen molar-refractivity contribution in [3.05, 3.63) is 52.7 Å². The van der Waals surface area contributed by atoms with Gasteiger partial charge in [0.25, 0.3) is 0 Å². The van der Waals surface area contributed by atoms with Gasteiger partial charge in [0.05, 0.1) is 18.1 Å². The first-order valence-electron chi connectivity index (χ1n) is 8.87. The standard InChI is InChI=1S/C20H24ClN3O2/c1-15-3-5-18(13-16(15)2)26-12-7-20(25)24-10-8-23(9-11-24)19-6-4-17(21)14-22-19/h3-6,13-14H,7-12H2,1-2H3. The zero-order valence-corrected chi connectivity index (χ0v) is 16.0. The first-order chi connectivity index (χ1) is 12.5. The van der Waals surface area contributed by atoms with Gasteiger partial charge in [-0.3, -0.25) is 4.79 Å². The molecule has 2 aromatic rings.